The van der Waals surface area contributed by atoms with Crippen LogP contribution in [0.25, 0.3) is 0 Å². The molecule has 0 bridgehead atoms. The molecule has 1 unspecified atom stereocenters. The number of carbonyl (C=O) groups is 1. The van der Waals surface area contributed by atoms with E-state index in [1.54, 1.807) is 30.3 Å². The number of nitrogens with zero attached hydrogens (tertiary/aromatic N) is 1. The van der Waals surface area contributed by atoms with Crippen LogP contribution in [0.3, 0.4) is 0 Å². The van der Waals surface area contributed by atoms with E-state index >= 15 is 0 Å². The van der Waals surface area contributed by atoms with Crippen molar-refractivity contribution in [3.63, 3.8) is 0 Å². The second-order valence-corrected chi connectivity index (χ2v) is 5.56. The monoisotopic (exact) mass is 304 g/mol. The first-order chi connectivity index (χ1) is 9.99. The Morgan fingerprint density at radius 1 is 1.19 bits per heavy atom. The number of nitro groups is 1. The lowest BCUT2D eigenvalue weighted by Crippen LogP contribution is -2.15. The third-order valence-corrected chi connectivity index (χ3v) is 3.74. The van der Waals surface area contributed by atoms with Gasteiger partial charge < -0.3 is 5.32 Å². The molecule has 1 N–H and O–H groups in total. The smallest absolute Gasteiger partial charge is 0.270 e. The van der Waals surface area contributed by atoms with Crippen molar-refractivity contribution in [2.24, 2.45) is 0 Å². The summed E-state index contributed by atoms with van der Waals surface area (Å²) in [6, 6.07) is 12.4. The second-order valence-electron chi connectivity index (χ2n) is 4.21. The van der Waals surface area contributed by atoms with Crippen LogP contribution < -0.4 is 5.32 Å². The molecule has 1 amide bonds. The Morgan fingerprint density at radius 2 is 1.86 bits per heavy atom. The van der Waals surface area contributed by atoms with Gasteiger partial charge in [-0.2, -0.15) is 0 Å². The summed E-state index contributed by atoms with van der Waals surface area (Å²) < 4.78 is 11.7. The maximum atomic E-state index is 12.2. The van der Waals surface area contributed by atoms with Gasteiger partial charge in [0, 0.05) is 24.1 Å². The van der Waals surface area contributed by atoms with E-state index in [4.69, 9.17) is 0 Å². The summed E-state index contributed by atoms with van der Waals surface area (Å²) in [5, 5.41) is 13.4. The number of nitrogens with one attached hydrogen (secondary N) is 1. The number of nitro benzene ring substituents is 1. The topological polar surface area (TPSA) is 89.3 Å². The van der Waals surface area contributed by atoms with Crippen LogP contribution in [0.4, 0.5) is 11.4 Å². The number of anilines is 1. The molecular weight excluding hydrogens is 292 g/mol. The van der Waals surface area contributed by atoms with E-state index < -0.39 is 21.6 Å². The van der Waals surface area contributed by atoms with Crippen LogP contribution in [-0.4, -0.2) is 21.3 Å². The molecule has 7 heteroatoms. The number of para-hydroxylation sites is 1. The molecule has 0 aromatic heterocycles. The molecule has 0 fully saturated rings. The van der Waals surface area contributed by atoms with Crippen molar-refractivity contribution in [3.05, 3.63) is 64.2 Å². The van der Waals surface area contributed by atoms with Gasteiger partial charge in [-0.3, -0.25) is 19.1 Å². The van der Waals surface area contributed by atoms with Gasteiger partial charge in [0.15, 0.2) is 0 Å². The Kier molecular flexibility index (Phi) is 4.44. The summed E-state index contributed by atoms with van der Waals surface area (Å²) in [6.07, 6.45) is 1.42. The van der Waals surface area contributed by atoms with Gasteiger partial charge >= 0.3 is 0 Å². The van der Waals surface area contributed by atoms with Crippen molar-refractivity contribution >= 4 is 28.1 Å². The predicted molar refractivity (Wildman–Crippen MR) is 79.8 cm³/mol. The maximum Gasteiger partial charge on any atom is 0.270 e. The number of hydrogen-bond donors (Lipinski definition) is 1. The van der Waals surface area contributed by atoms with Gasteiger partial charge in [-0.1, -0.05) is 18.2 Å². The maximum absolute atomic E-state index is 12.2. The average molecular weight is 304 g/mol. The van der Waals surface area contributed by atoms with Crippen LogP contribution >= 0.6 is 0 Å². The fraction of sp³-hybridized carbons (Fsp3) is 0.0714. The van der Waals surface area contributed by atoms with Crippen LogP contribution in [0.2, 0.25) is 0 Å². The second kappa shape index (κ2) is 6.27. The lowest BCUT2D eigenvalue weighted by atomic mass is 10.2. The highest BCUT2D eigenvalue weighted by molar-refractivity contribution is 7.84. The van der Waals surface area contributed by atoms with Gasteiger partial charge in [0.2, 0.25) is 0 Å². The normalized spacial score (nSPS) is 11.7. The minimum Gasteiger partial charge on any atom is -0.322 e. The number of carbonyl (C=O) groups excluding carboxylic acids is 1. The highest BCUT2D eigenvalue weighted by atomic mass is 32.2. The molecule has 2 aromatic rings. The summed E-state index contributed by atoms with van der Waals surface area (Å²) in [5.41, 5.74) is 0.373. The van der Waals surface area contributed by atoms with Crippen molar-refractivity contribution < 1.29 is 13.9 Å². The van der Waals surface area contributed by atoms with Gasteiger partial charge in [0.25, 0.3) is 11.6 Å². The van der Waals surface area contributed by atoms with Crippen LogP contribution in [0.1, 0.15) is 10.4 Å². The molecule has 6 nitrogen and oxygen atoms in total. The van der Waals surface area contributed by atoms with Crippen molar-refractivity contribution in [1.82, 2.24) is 0 Å². The largest absolute Gasteiger partial charge is 0.322 e. The van der Waals surface area contributed by atoms with Gasteiger partial charge in [0.1, 0.15) is 0 Å². The molecule has 0 heterocycles. The lowest BCUT2D eigenvalue weighted by Gasteiger charge is -2.08. The highest BCUT2D eigenvalue weighted by Crippen LogP contribution is 2.21. The van der Waals surface area contributed by atoms with Gasteiger partial charge in [-0.15, -0.1) is 0 Å². The number of rotatable bonds is 4. The Hall–Kier alpha value is -2.54. The molecule has 0 spiro atoms. The first-order valence-electron chi connectivity index (χ1n) is 5.97. The zero-order valence-electron chi connectivity index (χ0n) is 11.1. The zero-order valence-corrected chi connectivity index (χ0v) is 11.9. The third-order valence-electron chi connectivity index (χ3n) is 2.76. The van der Waals surface area contributed by atoms with Crippen molar-refractivity contribution in [1.29, 1.82) is 0 Å². The van der Waals surface area contributed by atoms with E-state index in [0.29, 0.717) is 5.69 Å². The van der Waals surface area contributed by atoms with E-state index in [9.17, 15) is 19.1 Å². The molecule has 2 aromatic carbocycles. The molecule has 21 heavy (non-hydrogen) atoms. The Balaban J connectivity index is 2.40. The first-order valence-corrected chi connectivity index (χ1v) is 7.53. The Morgan fingerprint density at radius 3 is 2.43 bits per heavy atom. The lowest BCUT2D eigenvalue weighted by molar-refractivity contribution is -0.384. The SMILES string of the molecule is CS(=O)c1ccc([N+](=O)[O-])cc1C(=O)Nc1ccccc1. The number of hydrogen-bond acceptors (Lipinski definition) is 4. The highest BCUT2D eigenvalue weighted by Gasteiger charge is 2.18. The Labute approximate surface area is 123 Å². The first kappa shape index (κ1) is 14.9. The van der Waals surface area contributed by atoms with Crippen molar-refractivity contribution in [3.8, 4) is 0 Å². The minimum absolute atomic E-state index is 0.0360. The fourth-order valence-electron chi connectivity index (χ4n) is 1.78. The molecule has 0 aliphatic rings. The van der Waals surface area contributed by atoms with Crippen LogP contribution in [-0.2, 0) is 10.8 Å². The summed E-state index contributed by atoms with van der Waals surface area (Å²) in [6.45, 7) is 0. The summed E-state index contributed by atoms with van der Waals surface area (Å²) >= 11 is 0. The molecule has 0 saturated carbocycles. The average Bonchev–Trinajstić information content (AvgIpc) is 2.47. The van der Waals surface area contributed by atoms with Crippen LogP contribution in [0.15, 0.2) is 53.4 Å². The molecule has 0 saturated heterocycles. The van der Waals surface area contributed by atoms with Gasteiger partial charge in [-0.25, -0.2) is 0 Å². The standard InChI is InChI=1S/C14H12N2O4S/c1-21(20)13-8-7-11(16(18)19)9-12(13)14(17)15-10-5-3-2-4-6-10/h2-9H,1H3,(H,15,17). The number of amides is 1. The van der Waals surface area contributed by atoms with Crippen molar-refractivity contribution in [2.75, 3.05) is 11.6 Å². The van der Waals surface area contributed by atoms with Crippen molar-refractivity contribution in [2.45, 2.75) is 4.90 Å². The minimum atomic E-state index is -1.42. The quantitative estimate of drug-likeness (QED) is 0.694. The molecule has 0 radical (unpaired) electrons. The van der Waals surface area contributed by atoms with E-state index in [-0.39, 0.29) is 16.1 Å². The summed E-state index contributed by atoms with van der Waals surface area (Å²) in [4.78, 5) is 22.7. The van der Waals surface area contributed by atoms with E-state index in [1.165, 1.54) is 18.4 Å². The van der Waals surface area contributed by atoms with E-state index in [2.05, 4.69) is 5.32 Å². The molecular formula is C14H12N2O4S. The van der Waals surface area contributed by atoms with E-state index in [0.717, 1.165) is 6.07 Å². The number of benzene rings is 2. The fourth-order valence-corrected chi connectivity index (χ4v) is 2.50. The molecule has 0 aliphatic carbocycles. The third kappa shape index (κ3) is 3.51. The zero-order chi connectivity index (χ0) is 15.4. The Bertz CT molecular complexity index is 716. The molecule has 2 rings (SSSR count). The molecule has 1 atom stereocenters. The molecule has 108 valence electrons. The van der Waals surface area contributed by atoms with Gasteiger partial charge in [0.05, 0.1) is 26.2 Å². The number of non-ortho nitro benzene ring substituents is 1. The van der Waals surface area contributed by atoms with Crippen LogP contribution in [0.5, 0.6) is 0 Å². The van der Waals surface area contributed by atoms with E-state index in [1.807, 2.05) is 0 Å². The molecule has 0 aliphatic heterocycles. The summed E-state index contributed by atoms with van der Waals surface area (Å²) in [5.74, 6) is -0.532. The van der Waals surface area contributed by atoms with Gasteiger partial charge in [-0.05, 0) is 18.2 Å². The predicted octanol–water partition coefficient (Wildman–Crippen LogP) is 2.58. The van der Waals surface area contributed by atoms with Crippen LogP contribution in [0, 0.1) is 10.1 Å². The summed E-state index contributed by atoms with van der Waals surface area (Å²) in [7, 11) is -1.42.